The molecule has 5 nitrogen and oxygen atoms in total. The molecule has 0 saturated heterocycles. The summed E-state index contributed by atoms with van der Waals surface area (Å²) in [5.74, 6) is -2.08. The summed E-state index contributed by atoms with van der Waals surface area (Å²) in [5, 5.41) is 18.1. The molecule has 0 fully saturated rings. The first kappa shape index (κ1) is 12.3. The summed E-state index contributed by atoms with van der Waals surface area (Å²) >= 11 is 0. The molecule has 1 aliphatic carbocycles. The summed E-state index contributed by atoms with van der Waals surface area (Å²) < 4.78 is 0. The smallest absolute Gasteiger partial charge is 0.331 e. The molecule has 88 valence electrons. The molecule has 0 aliphatic heterocycles. The Kier molecular flexibility index (Phi) is 3.07. The normalized spacial score (nSPS) is 24.4. The number of carboxylic acids is 2. The van der Waals surface area contributed by atoms with Crippen molar-refractivity contribution in [3.05, 3.63) is 23.4 Å². The quantitative estimate of drug-likeness (QED) is 0.747. The highest BCUT2D eigenvalue weighted by molar-refractivity contribution is 5.90. The van der Waals surface area contributed by atoms with Crippen molar-refractivity contribution in [1.82, 2.24) is 4.90 Å². The second-order valence-electron chi connectivity index (χ2n) is 4.26. The van der Waals surface area contributed by atoms with Crippen LogP contribution >= 0.6 is 0 Å². The van der Waals surface area contributed by atoms with Gasteiger partial charge < -0.3 is 15.1 Å². The molecule has 0 amide bonds. The Balaban J connectivity index is 3.22. The molecule has 0 aromatic carbocycles. The Bertz CT molecular complexity index is 395. The van der Waals surface area contributed by atoms with Crippen molar-refractivity contribution < 1.29 is 19.8 Å². The summed E-state index contributed by atoms with van der Waals surface area (Å²) in [6.07, 6.45) is 3.02. The molecular formula is C11H15NO4. The topological polar surface area (TPSA) is 77.8 Å². The van der Waals surface area contributed by atoms with E-state index in [4.69, 9.17) is 5.11 Å². The van der Waals surface area contributed by atoms with Gasteiger partial charge in [0.1, 0.15) is 5.41 Å². The highest BCUT2D eigenvalue weighted by Crippen LogP contribution is 2.38. The molecule has 0 radical (unpaired) electrons. The predicted molar refractivity (Wildman–Crippen MR) is 57.8 cm³/mol. The minimum Gasteiger partial charge on any atom is -0.481 e. The first-order valence-corrected chi connectivity index (χ1v) is 4.84. The summed E-state index contributed by atoms with van der Waals surface area (Å²) in [5.41, 5.74) is -0.452. The number of aliphatic carboxylic acids is 2. The fourth-order valence-corrected chi connectivity index (χ4v) is 1.87. The number of allylic oxidation sites excluding steroid dienone is 2. The average molecular weight is 225 g/mol. The fraction of sp³-hybridized carbons (Fsp3) is 0.455. The first-order valence-electron chi connectivity index (χ1n) is 4.84. The van der Waals surface area contributed by atoms with Crippen molar-refractivity contribution in [3.8, 4) is 0 Å². The van der Waals surface area contributed by atoms with Gasteiger partial charge in [-0.3, -0.25) is 4.79 Å². The van der Waals surface area contributed by atoms with E-state index in [2.05, 4.69) is 0 Å². The van der Waals surface area contributed by atoms with Crippen LogP contribution in [0.3, 0.4) is 0 Å². The molecule has 1 rings (SSSR count). The molecule has 1 aliphatic rings. The van der Waals surface area contributed by atoms with E-state index < -0.39 is 17.4 Å². The van der Waals surface area contributed by atoms with Gasteiger partial charge in [-0.05, 0) is 19.1 Å². The van der Waals surface area contributed by atoms with Gasteiger partial charge in [0.25, 0.3) is 0 Å². The van der Waals surface area contributed by atoms with E-state index >= 15 is 0 Å². The molecule has 2 N–H and O–H groups in total. The molecular weight excluding hydrogens is 210 g/mol. The Labute approximate surface area is 93.7 Å². The van der Waals surface area contributed by atoms with Crippen LogP contribution in [0, 0.1) is 5.41 Å². The average Bonchev–Trinajstić information content (AvgIpc) is 2.16. The molecule has 1 atom stereocenters. The molecule has 5 heteroatoms. The van der Waals surface area contributed by atoms with E-state index in [1.54, 1.807) is 25.1 Å². The van der Waals surface area contributed by atoms with Crippen LogP contribution in [0.5, 0.6) is 0 Å². The van der Waals surface area contributed by atoms with Crippen LogP contribution in [0.15, 0.2) is 23.4 Å². The van der Waals surface area contributed by atoms with Crippen molar-refractivity contribution in [2.45, 2.75) is 13.3 Å². The zero-order valence-corrected chi connectivity index (χ0v) is 9.52. The summed E-state index contributed by atoms with van der Waals surface area (Å²) in [4.78, 5) is 23.8. The van der Waals surface area contributed by atoms with Crippen molar-refractivity contribution in [1.29, 1.82) is 0 Å². The molecule has 16 heavy (non-hydrogen) atoms. The van der Waals surface area contributed by atoms with Crippen molar-refractivity contribution in [2.24, 2.45) is 5.41 Å². The molecule has 1 unspecified atom stereocenters. The summed E-state index contributed by atoms with van der Waals surface area (Å²) in [7, 11) is 3.49. The van der Waals surface area contributed by atoms with Gasteiger partial charge in [0.05, 0.1) is 0 Å². The van der Waals surface area contributed by atoms with E-state index in [1.165, 1.54) is 13.0 Å². The zero-order valence-electron chi connectivity index (χ0n) is 9.52. The second kappa shape index (κ2) is 4.00. The van der Waals surface area contributed by atoms with Crippen LogP contribution in [-0.2, 0) is 9.59 Å². The summed E-state index contributed by atoms with van der Waals surface area (Å²) in [6, 6.07) is 0. The van der Waals surface area contributed by atoms with E-state index in [-0.39, 0.29) is 12.0 Å². The highest BCUT2D eigenvalue weighted by atomic mass is 16.4. The number of nitrogens with zero attached hydrogens (tertiary/aromatic N) is 1. The van der Waals surface area contributed by atoms with Crippen LogP contribution in [0.2, 0.25) is 0 Å². The molecule has 0 spiro atoms. The standard InChI is InChI=1S/C11H15NO4/c1-11(10(15)16)6-7(9(13)14)4-5-8(11)12(2)3/h4-5H,6H2,1-3H3,(H,13,14)(H,15,16). The van der Waals surface area contributed by atoms with Crippen LogP contribution in [0.25, 0.3) is 0 Å². The third-order valence-electron chi connectivity index (χ3n) is 2.78. The van der Waals surface area contributed by atoms with Crippen LogP contribution in [0.4, 0.5) is 0 Å². The summed E-state index contributed by atoms with van der Waals surface area (Å²) in [6.45, 7) is 1.54. The Morgan fingerprint density at radius 2 is 1.88 bits per heavy atom. The third kappa shape index (κ3) is 1.93. The number of carbonyl (C=O) groups is 2. The molecule has 0 heterocycles. The number of carboxylic acid groups (broad SMARTS) is 2. The molecule has 0 aromatic heterocycles. The second-order valence-corrected chi connectivity index (χ2v) is 4.26. The zero-order chi connectivity index (χ0) is 12.5. The van der Waals surface area contributed by atoms with E-state index in [9.17, 15) is 14.7 Å². The lowest BCUT2D eigenvalue weighted by Gasteiger charge is -2.34. The monoisotopic (exact) mass is 225 g/mol. The molecule has 0 bridgehead atoms. The lowest BCUT2D eigenvalue weighted by molar-refractivity contribution is -0.146. The van der Waals surface area contributed by atoms with Gasteiger partial charge in [-0.2, -0.15) is 0 Å². The van der Waals surface area contributed by atoms with Crippen LogP contribution < -0.4 is 0 Å². The van der Waals surface area contributed by atoms with E-state index in [0.29, 0.717) is 5.70 Å². The predicted octanol–water partition coefficient (Wildman–Crippen LogP) is 0.938. The highest BCUT2D eigenvalue weighted by Gasteiger charge is 2.41. The van der Waals surface area contributed by atoms with Crippen molar-refractivity contribution in [2.75, 3.05) is 14.1 Å². The Hall–Kier alpha value is -1.78. The minimum absolute atomic E-state index is 0.00167. The maximum atomic E-state index is 11.3. The van der Waals surface area contributed by atoms with E-state index in [0.717, 1.165) is 0 Å². The van der Waals surface area contributed by atoms with Crippen LogP contribution in [-0.4, -0.2) is 41.1 Å². The lowest BCUT2D eigenvalue weighted by Crippen LogP contribution is -2.38. The largest absolute Gasteiger partial charge is 0.481 e. The number of rotatable bonds is 3. The Morgan fingerprint density at radius 3 is 2.25 bits per heavy atom. The fourth-order valence-electron chi connectivity index (χ4n) is 1.87. The lowest BCUT2D eigenvalue weighted by atomic mass is 9.76. The maximum Gasteiger partial charge on any atom is 0.331 e. The Morgan fingerprint density at radius 1 is 1.31 bits per heavy atom. The van der Waals surface area contributed by atoms with Crippen molar-refractivity contribution >= 4 is 11.9 Å². The number of hydrogen-bond acceptors (Lipinski definition) is 3. The van der Waals surface area contributed by atoms with Gasteiger partial charge in [0, 0.05) is 31.8 Å². The van der Waals surface area contributed by atoms with Crippen molar-refractivity contribution in [3.63, 3.8) is 0 Å². The molecule has 0 aromatic rings. The van der Waals surface area contributed by atoms with E-state index in [1.807, 2.05) is 0 Å². The first-order chi connectivity index (χ1) is 7.29. The molecule has 0 saturated carbocycles. The van der Waals surface area contributed by atoms with Gasteiger partial charge in [0.15, 0.2) is 0 Å². The third-order valence-corrected chi connectivity index (χ3v) is 2.78. The minimum atomic E-state index is -1.17. The van der Waals surface area contributed by atoms with Crippen LogP contribution in [0.1, 0.15) is 13.3 Å². The van der Waals surface area contributed by atoms with Gasteiger partial charge in [-0.15, -0.1) is 0 Å². The van der Waals surface area contributed by atoms with Gasteiger partial charge in [-0.1, -0.05) is 0 Å². The van der Waals surface area contributed by atoms with Gasteiger partial charge >= 0.3 is 11.9 Å². The SMILES string of the molecule is CN(C)C1=CC=C(C(=O)O)CC1(C)C(=O)O. The number of hydrogen-bond donors (Lipinski definition) is 2. The maximum absolute atomic E-state index is 11.3. The van der Waals surface area contributed by atoms with Gasteiger partial charge in [-0.25, -0.2) is 4.79 Å². The van der Waals surface area contributed by atoms with Gasteiger partial charge in [0.2, 0.25) is 0 Å².